The Morgan fingerprint density at radius 3 is 1.74 bits per heavy atom. The van der Waals surface area contributed by atoms with Gasteiger partial charge in [-0.05, 0) is 11.1 Å². The van der Waals surface area contributed by atoms with Gasteiger partial charge < -0.3 is 22.4 Å². The molecule has 0 amide bonds. The van der Waals surface area contributed by atoms with Crippen LogP contribution in [0.3, 0.4) is 0 Å². The first kappa shape index (κ1) is 20.4. The first-order chi connectivity index (χ1) is 10.6. The maximum atomic E-state index is 8.35. The number of benzene rings is 2. The van der Waals surface area contributed by atoms with Gasteiger partial charge in [-0.3, -0.25) is 0 Å². The van der Waals surface area contributed by atoms with Crippen LogP contribution >= 0.6 is 12.4 Å². The van der Waals surface area contributed by atoms with Crippen LogP contribution in [0.1, 0.15) is 16.7 Å². The molecule has 0 fully saturated rings. The van der Waals surface area contributed by atoms with Gasteiger partial charge in [-0.15, -0.1) is 12.4 Å². The number of hydrogen-bond donors (Lipinski definition) is 4. The predicted molar refractivity (Wildman–Crippen MR) is 94.7 cm³/mol. The van der Waals surface area contributed by atoms with E-state index in [2.05, 4.69) is 10.0 Å². The summed E-state index contributed by atoms with van der Waals surface area (Å²) in [5.41, 5.74) is 19.6. The smallest absolute Gasteiger partial charge is 0.187 e. The molecule has 6 nitrogen and oxygen atoms in total. The lowest BCUT2D eigenvalue weighted by Gasteiger charge is -1.99. The molecule has 0 aliphatic heterocycles. The number of hydrogen-bond acceptors (Lipinski definition) is 4. The average molecular weight is 334 g/mol. The van der Waals surface area contributed by atoms with Gasteiger partial charge in [0.25, 0.3) is 0 Å². The van der Waals surface area contributed by atoms with Crippen molar-refractivity contribution in [3.8, 4) is 0 Å². The molecule has 0 aromatic heterocycles. The number of rotatable bonds is 3. The van der Waals surface area contributed by atoms with E-state index in [1.165, 1.54) is 0 Å². The zero-order chi connectivity index (χ0) is 16.4. The molecule has 0 aliphatic rings. The summed E-state index contributed by atoms with van der Waals surface area (Å²) in [7, 11) is 0. The van der Waals surface area contributed by atoms with Crippen molar-refractivity contribution in [2.75, 3.05) is 0 Å². The summed E-state index contributed by atoms with van der Waals surface area (Å²) >= 11 is 0. The van der Waals surface area contributed by atoms with Crippen molar-refractivity contribution in [2.45, 2.75) is 13.1 Å². The molecule has 0 atom stereocenters. The highest BCUT2D eigenvalue weighted by atomic mass is 35.5. The second-order valence-electron chi connectivity index (χ2n) is 4.37. The Morgan fingerprint density at radius 2 is 1.39 bits per heavy atom. The lowest BCUT2D eigenvalue weighted by molar-refractivity contribution is 0.318. The number of halogens is 1. The molecule has 0 radical (unpaired) electrons. The third-order valence-corrected chi connectivity index (χ3v) is 2.89. The summed E-state index contributed by atoms with van der Waals surface area (Å²) in [5.74, 6) is 0.110. The van der Waals surface area contributed by atoms with E-state index < -0.39 is 0 Å². The summed E-state index contributed by atoms with van der Waals surface area (Å²) in [4.78, 5) is 3.26. The molecule has 2 rings (SSSR count). The standard InChI is InChI=1S/C8H11N3O.C8H8N2.ClH/c9-5-6-1-3-7(4-2-6)8(10)11-12;1-10-8-4-2-7(6-9)3-5-8;/h1-4,12H,5,9H2,(H2,10,11);2-5H,6,9H2;1H. The van der Waals surface area contributed by atoms with Crippen LogP contribution in [0.5, 0.6) is 0 Å². The highest BCUT2D eigenvalue weighted by Crippen LogP contribution is 2.11. The van der Waals surface area contributed by atoms with Crippen molar-refractivity contribution >= 4 is 23.9 Å². The molecule has 0 bridgehead atoms. The fourth-order valence-electron chi connectivity index (χ4n) is 1.58. The van der Waals surface area contributed by atoms with E-state index in [1.54, 1.807) is 24.3 Å². The zero-order valence-corrected chi connectivity index (χ0v) is 13.3. The Hall–Kier alpha value is -2.59. The average Bonchev–Trinajstić information content (AvgIpc) is 2.61. The molecule has 0 spiro atoms. The van der Waals surface area contributed by atoms with Crippen LogP contribution in [0.15, 0.2) is 53.7 Å². The summed E-state index contributed by atoms with van der Waals surface area (Å²) < 4.78 is 0. The second kappa shape index (κ2) is 11.0. The maximum Gasteiger partial charge on any atom is 0.187 e. The van der Waals surface area contributed by atoms with Crippen LogP contribution in [-0.4, -0.2) is 11.0 Å². The fourth-order valence-corrected chi connectivity index (χ4v) is 1.58. The van der Waals surface area contributed by atoms with Crippen molar-refractivity contribution < 1.29 is 5.21 Å². The van der Waals surface area contributed by atoms with Gasteiger partial charge in [-0.25, -0.2) is 4.85 Å². The second-order valence-corrected chi connectivity index (χ2v) is 4.37. The Kier molecular flexibility index (Phi) is 9.80. The number of oxime groups is 1. The molecule has 0 heterocycles. The highest BCUT2D eigenvalue weighted by molar-refractivity contribution is 5.96. The monoisotopic (exact) mass is 333 g/mol. The zero-order valence-electron chi connectivity index (χ0n) is 12.5. The summed E-state index contributed by atoms with van der Waals surface area (Å²) in [5, 5.41) is 11.2. The highest BCUT2D eigenvalue weighted by Gasteiger charge is 1.97. The van der Waals surface area contributed by atoms with Crippen LogP contribution in [0.2, 0.25) is 0 Å². The molecular formula is C16H20ClN5O. The van der Waals surface area contributed by atoms with E-state index in [1.807, 2.05) is 24.3 Å². The van der Waals surface area contributed by atoms with E-state index in [4.69, 9.17) is 29.0 Å². The molecule has 0 aliphatic carbocycles. The summed E-state index contributed by atoms with van der Waals surface area (Å²) in [6, 6.07) is 14.5. The Morgan fingerprint density at radius 1 is 0.957 bits per heavy atom. The van der Waals surface area contributed by atoms with E-state index >= 15 is 0 Å². The lowest BCUT2D eigenvalue weighted by Crippen LogP contribution is -2.12. The van der Waals surface area contributed by atoms with Crippen LogP contribution in [0, 0.1) is 6.57 Å². The number of nitrogens with two attached hydrogens (primary N) is 3. The van der Waals surface area contributed by atoms with Crippen molar-refractivity contribution in [1.82, 2.24) is 0 Å². The number of amidine groups is 1. The maximum absolute atomic E-state index is 8.35. The number of nitrogens with zero attached hydrogens (tertiary/aromatic N) is 2. The molecule has 0 saturated carbocycles. The van der Waals surface area contributed by atoms with Crippen LogP contribution in [0.4, 0.5) is 5.69 Å². The fraction of sp³-hybridized carbons (Fsp3) is 0.125. The van der Waals surface area contributed by atoms with Crippen LogP contribution < -0.4 is 17.2 Å². The molecule has 2 aromatic rings. The van der Waals surface area contributed by atoms with Crippen molar-refractivity contribution in [3.05, 3.63) is 76.6 Å². The summed E-state index contributed by atoms with van der Waals surface area (Å²) in [6.07, 6.45) is 0. The van der Waals surface area contributed by atoms with Gasteiger partial charge >= 0.3 is 0 Å². The van der Waals surface area contributed by atoms with Gasteiger partial charge in [0, 0.05) is 18.7 Å². The van der Waals surface area contributed by atoms with E-state index in [-0.39, 0.29) is 18.2 Å². The molecule has 2 aromatic carbocycles. The Balaban J connectivity index is 0.000000409. The predicted octanol–water partition coefficient (Wildman–Crippen LogP) is 2.36. The first-order valence-electron chi connectivity index (χ1n) is 6.58. The van der Waals surface area contributed by atoms with Gasteiger partial charge in [-0.2, -0.15) is 0 Å². The van der Waals surface area contributed by atoms with E-state index in [9.17, 15) is 0 Å². The normalized spacial score (nSPS) is 9.87. The third-order valence-electron chi connectivity index (χ3n) is 2.89. The van der Waals surface area contributed by atoms with E-state index in [0.717, 1.165) is 11.1 Å². The van der Waals surface area contributed by atoms with Gasteiger partial charge in [0.2, 0.25) is 0 Å². The van der Waals surface area contributed by atoms with Crippen molar-refractivity contribution in [3.63, 3.8) is 0 Å². The van der Waals surface area contributed by atoms with Crippen LogP contribution in [0.25, 0.3) is 4.85 Å². The molecule has 7 heteroatoms. The molecule has 0 unspecified atom stereocenters. The van der Waals surface area contributed by atoms with Crippen LogP contribution in [-0.2, 0) is 13.1 Å². The minimum Gasteiger partial charge on any atom is -0.409 e. The SMILES string of the molecule is Cl.NCc1ccc(C(N)=NO)cc1.[C-]#[N+]c1ccc(CN)cc1. The minimum absolute atomic E-state index is 0. The Labute approximate surface area is 141 Å². The molecule has 0 saturated heterocycles. The summed E-state index contributed by atoms with van der Waals surface area (Å²) in [6.45, 7) is 7.70. The van der Waals surface area contributed by atoms with Gasteiger partial charge in [0.15, 0.2) is 11.5 Å². The van der Waals surface area contributed by atoms with Crippen molar-refractivity contribution in [1.29, 1.82) is 0 Å². The van der Waals surface area contributed by atoms with E-state index in [0.29, 0.717) is 24.3 Å². The van der Waals surface area contributed by atoms with Gasteiger partial charge in [-0.1, -0.05) is 53.7 Å². The molecule has 7 N–H and O–H groups in total. The molecular weight excluding hydrogens is 314 g/mol. The minimum atomic E-state index is 0. The van der Waals surface area contributed by atoms with Gasteiger partial charge in [0.1, 0.15) is 0 Å². The first-order valence-corrected chi connectivity index (χ1v) is 6.58. The van der Waals surface area contributed by atoms with Gasteiger partial charge in [0.05, 0.1) is 6.57 Å². The Bertz CT molecular complexity index is 648. The third kappa shape index (κ3) is 6.80. The van der Waals surface area contributed by atoms with Crippen molar-refractivity contribution in [2.24, 2.45) is 22.4 Å². The molecule has 122 valence electrons. The quantitative estimate of drug-likeness (QED) is 0.227. The lowest BCUT2D eigenvalue weighted by atomic mass is 10.1. The molecule has 23 heavy (non-hydrogen) atoms. The topological polar surface area (TPSA) is 115 Å². The largest absolute Gasteiger partial charge is 0.409 e.